The highest BCUT2D eigenvalue weighted by atomic mass is 35.5. The Morgan fingerprint density at radius 2 is 2.14 bits per heavy atom. The average molecular weight is 314 g/mol. The van der Waals surface area contributed by atoms with Crippen molar-refractivity contribution in [3.63, 3.8) is 0 Å². The van der Waals surface area contributed by atoms with E-state index in [1.165, 1.54) is 0 Å². The summed E-state index contributed by atoms with van der Waals surface area (Å²) >= 11 is 6.19. The van der Waals surface area contributed by atoms with E-state index in [2.05, 4.69) is 12.2 Å². The van der Waals surface area contributed by atoms with Crippen LogP contribution >= 0.6 is 11.6 Å². The van der Waals surface area contributed by atoms with Crippen LogP contribution in [0.1, 0.15) is 18.9 Å². The minimum Gasteiger partial charge on any atom is -0.486 e. The minimum absolute atomic E-state index is 0.0326. The summed E-state index contributed by atoms with van der Waals surface area (Å²) in [5.41, 5.74) is 1.13. The summed E-state index contributed by atoms with van der Waals surface area (Å²) in [5.74, 6) is 0.733. The number of halogens is 1. The first-order valence-electron chi connectivity index (χ1n) is 7.42. The fourth-order valence-corrected chi connectivity index (χ4v) is 2.68. The van der Waals surface area contributed by atoms with E-state index in [1.54, 1.807) is 7.11 Å². The van der Waals surface area contributed by atoms with E-state index in [4.69, 9.17) is 25.8 Å². The standard InChI is InChI=1S/C16H24ClNO3/c1-4-18-13-10-15(16(13)20-8-7-19-3)21-14-9-11(2)5-6-12(14)17/h5-6,9,13,15-16,18H,4,7-8,10H2,1-3H3. The summed E-state index contributed by atoms with van der Waals surface area (Å²) in [6.45, 7) is 6.21. The predicted octanol–water partition coefficient (Wildman–Crippen LogP) is 2.81. The van der Waals surface area contributed by atoms with Crippen molar-refractivity contribution < 1.29 is 14.2 Å². The normalized spacial score (nSPS) is 24.7. The summed E-state index contributed by atoms with van der Waals surface area (Å²) in [5, 5.41) is 4.06. The third-order valence-corrected chi connectivity index (χ3v) is 3.99. The van der Waals surface area contributed by atoms with Gasteiger partial charge < -0.3 is 19.5 Å². The van der Waals surface area contributed by atoms with E-state index >= 15 is 0 Å². The van der Waals surface area contributed by atoms with Gasteiger partial charge in [-0.25, -0.2) is 0 Å². The van der Waals surface area contributed by atoms with Crippen molar-refractivity contribution in [1.82, 2.24) is 5.32 Å². The summed E-state index contributed by atoms with van der Waals surface area (Å²) in [7, 11) is 1.67. The molecule has 2 rings (SSSR count). The third kappa shape index (κ3) is 4.33. The molecule has 0 bridgehead atoms. The van der Waals surface area contributed by atoms with Crippen molar-refractivity contribution in [2.45, 2.75) is 38.5 Å². The van der Waals surface area contributed by atoms with Gasteiger partial charge in [-0.15, -0.1) is 0 Å². The van der Waals surface area contributed by atoms with Gasteiger partial charge in [0, 0.05) is 19.6 Å². The highest BCUT2D eigenvalue weighted by Crippen LogP contribution is 2.33. The maximum atomic E-state index is 6.19. The fraction of sp³-hybridized carbons (Fsp3) is 0.625. The number of hydrogen-bond donors (Lipinski definition) is 1. The quantitative estimate of drug-likeness (QED) is 0.749. The van der Waals surface area contributed by atoms with Crippen LogP contribution in [0.3, 0.4) is 0 Å². The molecule has 4 nitrogen and oxygen atoms in total. The van der Waals surface area contributed by atoms with Crippen molar-refractivity contribution in [2.75, 3.05) is 26.9 Å². The molecule has 3 atom stereocenters. The zero-order valence-electron chi connectivity index (χ0n) is 12.9. The molecule has 1 aliphatic rings. The third-order valence-electron chi connectivity index (χ3n) is 3.68. The van der Waals surface area contributed by atoms with Gasteiger partial charge in [0.1, 0.15) is 18.0 Å². The van der Waals surface area contributed by atoms with Crippen LogP contribution in [0.4, 0.5) is 0 Å². The number of likely N-dealkylation sites (N-methyl/N-ethyl adjacent to an activating group) is 1. The number of hydrogen-bond acceptors (Lipinski definition) is 4. The number of benzene rings is 1. The van der Waals surface area contributed by atoms with Crippen molar-refractivity contribution in [2.24, 2.45) is 0 Å². The summed E-state index contributed by atoms with van der Waals surface area (Å²) in [4.78, 5) is 0. The predicted molar refractivity (Wildman–Crippen MR) is 84.3 cm³/mol. The smallest absolute Gasteiger partial charge is 0.138 e. The Morgan fingerprint density at radius 1 is 1.33 bits per heavy atom. The number of ether oxygens (including phenoxy) is 3. The lowest BCUT2D eigenvalue weighted by molar-refractivity contribution is -0.115. The molecule has 1 N–H and O–H groups in total. The Labute approximate surface area is 131 Å². The first kappa shape index (κ1) is 16.6. The van der Waals surface area contributed by atoms with Crippen LogP contribution in [-0.4, -0.2) is 45.1 Å². The molecule has 1 aliphatic carbocycles. The van der Waals surface area contributed by atoms with E-state index in [1.807, 2.05) is 25.1 Å². The van der Waals surface area contributed by atoms with E-state index < -0.39 is 0 Å². The zero-order chi connectivity index (χ0) is 15.2. The molecule has 0 radical (unpaired) electrons. The van der Waals surface area contributed by atoms with E-state index in [0.29, 0.717) is 24.3 Å². The van der Waals surface area contributed by atoms with E-state index in [-0.39, 0.29) is 12.2 Å². The molecule has 0 aromatic heterocycles. The Morgan fingerprint density at radius 3 is 2.86 bits per heavy atom. The average Bonchev–Trinajstić information content (AvgIpc) is 2.46. The number of nitrogens with one attached hydrogen (secondary N) is 1. The lowest BCUT2D eigenvalue weighted by Crippen LogP contribution is -2.61. The Balaban J connectivity index is 1.96. The van der Waals surface area contributed by atoms with Gasteiger partial charge in [-0.2, -0.15) is 0 Å². The van der Waals surface area contributed by atoms with E-state index in [0.717, 1.165) is 24.3 Å². The van der Waals surface area contributed by atoms with Crippen LogP contribution in [0.15, 0.2) is 18.2 Å². The van der Waals surface area contributed by atoms with Gasteiger partial charge in [-0.05, 0) is 31.2 Å². The first-order valence-corrected chi connectivity index (χ1v) is 7.80. The molecule has 0 aliphatic heterocycles. The second-order valence-corrected chi connectivity index (χ2v) is 5.73. The lowest BCUT2D eigenvalue weighted by atomic mass is 9.85. The van der Waals surface area contributed by atoms with Gasteiger partial charge in [0.15, 0.2) is 0 Å². The lowest BCUT2D eigenvalue weighted by Gasteiger charge is -2.44. The molecule has 3 unspecified atom stereocenters. The van der Waals surface area contributed by atoms with Gasteiger partial charge in [-0.1, -0.05) is 24.6 Å². The van der Waals surface area contributed by atoms with Crippen LogP contribution in [-0.2, 0) is 9.47 Å². The maximum Gasteiger partial charge on any atom is 0.138 e. The second-order valence-electron chi connectivity index (χ2n) is 5.32. The van der Waals surface area contributed by atoms with Crippen molar-refractivity contribution >= 4 is 11.6 Å². The molecule has 21 heavy (non-hydrogen) atoms. The summed E-state index contributed by atoms with van der Waals surface area (Å²) in [6.07, 6.45) is 0.998. The summed E-state index contributed by atoms with van der Waals surface area (Å²) < 4.78 is 17.0. The Kier molecular flexibility index (Phi) is 6.30. The van der Waals surface area contributed by atoms with Gasteiger partial charge in [0.2, 0.25) is 0 Å². The second kappa shape index (κ2) is 7.99. The molecule has 0 amide bonds. The molecular formula is C16H24ClNO3. The highest BCUT2D eigenvalue weighted by Gasteiger charge is 2.43. The first-order chi connectivity index (χ1) is 10.2. The molecule has 1 aromatic rings. The SMILES string of the molecule is CCNC1CC(Oc2cc(C)ccc2Cl)C1OCCOC. The molecule has 1 saturated carbocycles. The molecule has 0 saturated heterocycles. The fourth-order valence-electron chi connectivity index (χ4n) is 2.51. The van der Waals surface area contributed by atoms with Crippen LogP contribution in [0, 0.1) is 6.92 Å². The topological polar surface area (TPSA) is 39.7 Å². The minimum atomic E-state index is 0.0326. The Hall–Kier alpha value is -0.810. The Bertz CT molecular complexity index is 455. The van der Waals surface area contributed by atoms with Gasteiger partial charge >= 0.3 is 0 Å². The number of aryl methyl sites for hydroxylation is 1. The van der Waals surface area contributed by atoms with E-state index in [9.17, 15) is 0 Å². The monoisotopic (exact) mass is 313 g/mol. The van der Waals surface area contributed by atoms with Crippen molar-refractivity contribution in [3.8, 4) is 5.75 Å². The molecular weight excluding hydrogens is 290 g/mol. The molecule has 0 spiro atoms. The van der Waals surface area contributed by atoms with Crippen LogP contribution in [0.25, 0.3) is 0 Å². The molecule has 1 fully saturated rings. The van der Waals surface area contributed by atoms with Crippen LogP contribution < -0.4 is 10.1 Å². The maximum absolute atomic E-state index is 6.19. The molecule has 0 heterocycles. The highest BCUT2D eigenvalue weighted by molar-refractivity contribution is 6.32. The number of rotatable bonds is 8. The molecule has 118 valence electrons. The zero-order valence-corrected chi connectivity index (χ0v) is 13.7. The molecule has 5 heteroatoms. The van der Waals surface area contributed by atoms with Crippen LogP contribution in [0.5, 0.6) is 5.75 Å². The molecule has 1 aromatic carbocycles. The van der Waals surface area contributed by atoms with Gasteiger partial charge in [0.25, 0.3) is 0 Å². The van der Waals surface area contributed by atoms with Gasteiger partial charge in [-0.3, -0.25) is 0 Å². The number of methoxy groups -OCH3 is 1. The van der Waals surface area contributed by atoms with Gasteiger partial charge in [0.05, 0.1) is 18.2 Å². The summed E-state index contributed by atoms with van der Waals surface area (Å²) in [6, 6.07) is 6.15. The largest absolute Gasteiger partial charge is 0.486 e. The van der Waals surface area contributed by atoms with Crippen molar-refractivity contribution in [1.29, 1.82) is 0 Å². The van der Waals surface area contributed by atoms with Crippen molar-refractivity contribution in [3.05, 3.63) is 28.8 Å². The van der Waals surface area contributed by atoms with Crippen LogP contribution in [0.2, 0.25) is 5.02 Å².